The molecule has 1 aliphatic rings. The molecule has 1 N–H and O–H groups in total. The first-order valence-corrected chi connectivity index (χ1v) is 5.02. The second-order valence-electron chi connectivity index (χ2n) is 3.52. The zero-order valence-electron chi connectivity index (χ0n) is 7.74. The zero-order valence-corrected chi connectivity index (χ0v) is 9.37. The van der Waals surface area contributed by atoms with Crippen LogP contribution in [0.1, 0.15) is 13.8 Å². The monoisotopic (exact) mass is 206 g/mol. The molecule has 5 heteroatoms. The molecule has 0 aromatic rings. The number of hydrogen-bond donors (Lipinski definition) is 1. The molecule has 1 fully saturated rings. The van der Waals surface area contributed by atoms with Gasteiger partial charge in [0.25, 0.3) is 0 Å². The van der Waals surface area contributed by atoms with Gasteiger partial charge in [-0.3, -0.25) is 0 Å². The topological polar surface area (TPSA) is 26.7 Å². The Morgan fingerprint density at radius 3 is 2.33 bits per heavy atom. The molecule has 0 spiro atoms. The molecule has 0 aromatic carbocycles. The SMILES string of the molecule is CN(O)C1SC(=S)N(C)C1(C)C. The summed E-state index contributed by atoms with van der Waals surface area (Å²) in [6, 6.07) is 0. The molecule has 12 heavy (non-hydrogen) atoms. The van der Waals surface area contributed by atoms with Crippen LogP contribution < -0.4 is 0 Å². The van der Waals surface area contributed by atoms with Crippen LogP contribution in [-0.2, 0) is 0 Å². The van der Waals surface area contributed by atoms with Crippen LogP contribution in [0.4, 0.5) is 0 Å². The van der Waals surface area contributed by atoms with E-state index in [1.807, 2.05) is 11.9 Å². The number of hydroxylamine groups is 2. The molecule has 1 unspecified atom stereocenters. The second kappa shape index (κ2) is 3.14. The highest BCUT2D eigenvalue weighted by atomic mass is 32.2. The van der Waals surface area contributed by atoms with Crippen LogP contribution >= 0.6 is 24.0 Å². The summed E-state index contributed by atoms with van der Waals surface area (Å²) in [5.74, 6) is 0. The summed E-state index contributed by atoms with van der Waals surface area (Å²) in [6.07, 6.45) is 0. The molecular weight excluding hydrogens is 192 g/mol. The van der Waals surface area contributed by atoms with Gasteiger partial charge in [-0.1, -0.05) is 24.0 Å². The average molecular weight is 206 g/mol. The number of rotatable bonds is 1. The third kappa shape index (κ3) is 1.46. The Balaban J connectivity index is 2.87. The van der Waals surface area contributed by atoms with E-state index < -0.39 is 0 Å². The van der Waals surface area contributed by atoms with Crippen molar-refractivity contribution in [1.82, 2.24) is 9.96 Å². The normalized spacial score (nSPS) is 28.7. The van der Waals surface area contributed by atoms with Gasteiger partial charge >= 0.3 is 0 Å². The van der Waals surface area contributed by atoms with Crippen LogP contribution in [0.5, 0.6) is 0 Å². The maximum atomic E-state index is 9.35. The lowest BCUT2D eigenvalue weighted by molar-refractivity contribution is -0.0987. The molecule has 1 saturated heterocycles. The third-order valence-electron chi connectivity index (χ3n) is 2.29. The Morgan fingerprint density at radius 1 is 1.67 bits per heavy atom. The van der Waals surface area contributed by atoms with Crippen LogP contribution in [-0.4, -0.2) is 44.5 Å². The average Bonchev–Trinajstić information content (AvgIpc) is 2.13. The molecule has 1 aliphatic heterocycles. The third-order valence-corrected chi connectivity index (χ3v) is 4.44. The van der Waals surface area contributed by atoms with E-state index in [0.29, 0.717) is 0 Å². The lowest BCUT2D eigenvalue weighted by Crippen LogP contribution is -2.48. The van der Waals surface area contributed by atoms with Gasteiger partial charge in [-0.15, -0.1) is 0 Å². The van der Waals surface area contributed by atoms with Gasteiger partial charge in [0.15, 0.2) is 0 Å². The Labute approximate surface area is 82.7 Å². The molecule has 1 atom stereocenters. The van der Waals surface area contributed by atoms with Gasteiger partial charge in [0.2, 0.25) is 0 Å². The quantitative estimate of drug-likeness (QED) is 0.516. The molecule has 0 amide bonds. The fourth-order valence-corrected chi connectivity index (χ4v) is 2.95. The van der Waals surface area contributed by atoms with Gasteiger partial charge < -0.3 is 10.1 Å². The van der Waals surface area contributed by atoms with Crippen LogP contribution in [0.3, 0.4) is 0 Å². The highest BCUT2D eigenvalue weighted by Crippen LogP contribution is 2.39. The number of hydrogen-bond acceptors (Lipinski definition) is 4. The highest BCUT2D eigenvalue weighted by molar-refractivity contribution is 8.23. The summed E-state index contributed by atoms with van der Waals surface area (Å²) in [6.45, 7) is 4.13. The molecule has 0 bridgehead atoms. The van der Waals surface area contributed by atoms with E-state index in [9.17, 15) is 5.21 Å². The lowest BCUT2D eigenvalue weighted by atomic mass is 10.0. The van der Waals surface area contributed by atoms with Crippen molar-refractivity contribution in [2.24, 2.45) is 0 Å². The molecule has 70 valence electrons. The van der Waals surface area contributed by atoms with Gasteiger partial charge in [0.05, 0.1) is 5.54 Å². The fraction of sp³-hybridized carbons (Fsp3) is 0.857. The number of thioether (sulfide) groups is 1. The van der Waals surface area contributed by atoms with Gasteiger partial charge in [0, 0.05) is 14.1 Å². The maximum absolute atomic E-state index is 9.35. The first kappa shape index (κ1) is 10.2. The molecular formula is C7H14N2OS2. The van der Waals surface area contributed by atoms with Crippen molar-refractivity contribution in [3.05, 3.63) is 0 Å². The van der Waals surface area contributed by atoms with Gasteiger partial charge in [0.1, 0.15) is 9.69 Å². The van der Waals surface area contributed by atoms with Gasteiger partial charge in [-0.2, -0.15) is 5.06 Å². The first-order valence-electron chi connectivity index (χ1n) is 3.73. The molecule has 0 saturated carbocycles. The standard InChI is InChI=1S/C7H14N2OS2/c1-7(2)5(9(4)10)12-6(11)8(7)3/h5,10H,1-4H3. The highest BCUT2D eigenvalue weighted by Gasteiger charge is 2.44. The van der Waals surface area contributed by atoms with Crippen molar-refractivity contribution in [2.45, 2.75) is 24.8 Å². The minimum absolute atomic E-state index is 0.0231. The van der Waals surface area contributed by atoms with Crippen molar-refractivity contribution in [1.29, 1.82) is 0 Å². The summed E-state index contributed by atoms with van der Waals surface area (Å²) in [4.78, 5) is 2.02. The molecule has 0 radical (unpaired) electrons. The fourth-order valence-electron chi connectivity index (χ4n) is 1.25. The molecule has 0 aromatic heterocycles. The Bertz CT molecular complexity index is 206. The molecule has 1 heterocycles. The zero-order chi connectivity index (χ0) is 9.52. The Kier molecular flexibility index (Phi) is 2.68. The smallest absolute Gasteiger partial charge is 0.138 e. The minimum Gasteiger partial charge on any atom is -0.353 e. The van der Waals surface area contributed by atoms with Crippen LogP contribution in [0.15, 0.2) is 0 Å². The summed E-state index contributed by atoms with van der Waals surface area (Å²) >= 11 is 6.66. The van der Waals surface area contributed by atoms with E-state index in [2.05, 4.69) is 13.8 Å². The number of thiocarbonyl (C=S) groups is 1. The van der Waals surface area contributed by atoms with Gasteiger partial charge in [-0.05, 0) is 13.8 Å². The van der Waals surface area contributed by atoms with Crippen molar-refractivity contribution in [3.8, 4) is 0 Å². The van der Waals surface area contributed by atoms with Gasteiger partial charge in [-0.25, -0.2) is 0 Å². The summed E-state index contributed by atoms with van der Waals surface area (Å²) in [5, 5.41) is 10.6. The molecule has 3 nitrogen and oxygen atoms in total. The van der Waals surface area contributed by atoms with E-state index in [1.54, 1.807) is 7.05 Å². The van der Waals surface area contributed by atoms with E-state index in [1.165, 1.54) is 16.8 Å². The number of likely N-dealkylation sites (N-methyl/N-ethyl adjacent to an activating group) is 2. The van der Waals surface area contributed by atoms with Crippen molar-refractivity contribution < 1.29 is 5.21 Å². The molecule has 0 aliphatic carbocycles. The van der Waals surface area contributed by atoms with Crippen LogP contribution in [0.25, 0.3) is 0 Å². The largest absolute Gasteiger partial charge is 0.353 e. The van der Waals surface area contributed by atoms with Crippen LogP contribution in [0, 0.1) is 0 Å². The second-order valence-corrected chi connectivity index (χ2v) is 5.24. The van der Waals surface area contributed by atoms with Crippen molar-refractivity contribution in [3.63, 3.8) is 0 Å². The summed E-state index contributed by atoms with van der Waals surface area (Å²) < 4.78 is 0.839. The van der Waals surface area contributed by atoms with E-state index in [4.69, 9.17) is 12.2 Å². The van der Waals surface area contributed by atoms with Crippen LogP contribution in [0.2, 0.25) is 0 Å². The minimum atomic E-state index is -0.106. The Morgan fingerprint density at radius 2 is 2.17 bits per heavy atom. The Hall–Kier alpha value is 0.160. The molecule has 1 rings (SSSR count). The predicted octanol–water partition coefficient (Wildman–Crippen LogP) is 1.38. The van der Waals surface area contributed by atoms with E-state index in [-0.39, 0.29) is 10.9 Å². The van der Waals surface area contributed by atoms with E-state index >= 15 is 0 Å². The summed E-state index contributed by atoms with van der Waals surface area (Å²) in [7, 11) is 3.61. The number of nitrogens with zero attached hydrogens (tertiary/aromatic N) is 2. The van der Waals surface area contributed by atoms with E-state index in [0.717, 1.165) is 4.32 Å². The predicted molar refractivity (Wildman–Crippen MR) is 55.4 cm³/mol. The maximum Gasteiger partial charge on any atom is 0.138 e. The van der Waals surface area contributed by atoms with Crippen molar-refractivity contribution >= 4 is 28.3 Å². The van der Waals surface area contributed by atoms with Crippen molar-refractivity contribution in [2.75, 3.05) is 14.1 Å². The lowest BCUT2D eigenvalue weighted by Gasteiger charge is -2.34. The summed E-state index contributed by atoms with van der Waals surface area (Å²) in [5.41, 5.74) is -0.106. The first-order chi connectivity index (χ1) is 5.37.